The number of halogens is 3. The smallest absolute Gasteiger partial charge is 0.406 e. The van der Waals surface area contributed by atoms with Gasteiger partial charge in [-0.15, -0.1) is 13.2 Å². The first-order valence-corrected chi connectivity index (χ1v) is 9.99. The Labute approximate surface area is 178 Å². The average molecular weight is 435 g/mol. The Morgan fingerprint density at radius 1 is 1.13 bits per heavy atom. The van der Waals surface area contributed by atoms with E-state index in [2.05, 4.69) is 15.4 Å². The lowest BCUT2D eigenvalue weighted by Gasteiger charge is -2.27. The molecule has 2 amide bonds. The van der Waals surface area contributed by atoms with Crippen molar-refractivity contribution in [1.29, 1.82) is 0 Å². The Morgan fingerprint density at radius 3 is 2.55 bits per heavy atom. The maximum atomic E-state index is 12.4. The summed E-state index contributed by atoms with van der Waals surface area (Å²) in [6.07, 6.45) is -2.25. The van der Waals surface area contributed by atoms with Crippen LogP contribution in [0.2, 0.25) is 0 Å². The first-order valence-electron chi connectivity index (χ1n) is 9.99. The quantitative estimate of drug-likeness (QED) is 0.670. The predicted molar refractivity (Wildman–Crippen MR) is 111 cm³/mol. The number of carbonyl (C=O) groups is 2. The van der Waals surface area contributed by atoms with E-state index in [1.807, 2.05) is 29.2 Å². The van der Waals surface area contributed by atoms with Gasteiger partial charge in [-0.3, -0.25) is 9.59 Å². The Kier molecular flexibility index (Phi) is 7.04. The Morgan fingerprint density at radius 2 is 1.87 bits per heavy atom. The minimum atomic E-state index is -4.76. The number of anilines is 2. The number of likely N-dealkylation sites (tertiary alicyclic amines) is 1. The first-order chi connectivity index (χ1) is 14.7. The summed E-state index contributed by atoms with van der Waals surface area (Å²) in [6.45, 7) is 2.96. The summed E-state index contributed by atoms with van der Waals surface area (Å²) in [7, 11) is 0. The van der Waals surface area contributed by atoms with E-state index in [0.717, 1.165) is 42.8 Å². The normalized spacial score (nSPS) is 15.4. The Bertz CT molecular complexity index is 916. The molecule has 2 N–H and O–H groups in total. The molecule has 1 unspecified atom stereocenters. The summed E-state index contributed by atoms with van der Waals surface area (Å²) < 4.78 is 40.5. The number of alkyl halides is 3. The van der Waals surface area contributed by atoms with Gasteiger partial charge in [0.05, 0.1) is 0 Å². The van der Waals surface area contributed by atoms with Crippen molar-refractivity contribution >= 4 is 23.2 Å². The molecule has 6 nitrogen and oxygen atoms in total. The van der Waals surface area contributed by atoms with E-state index in [9.17, 15) is 22.8 Å². The lowest BCUT2D eigenvalue weighted by Crippen LogP contribution is -2.34. The Balaban J connectivity index is 1.55. The van der Waals surface area contributed by atoms with E-state index < -0.39 is 12.4 Å². The number of hydrogen-bond acceptors (Lipinski definition) is 4. The number of nitrogens with one attached hydrogen (secondary N) is 2. The number of nitrogens with zero attached hydrogens (tertiary/aromatic N) is 1. The highest BCUT2D eigenvalue weighted by atomic mass is 19.4. The highest BCUT2D eigenvalue weighted by Crippen LogP contribution is 2.24. The molecule has 166 valence electrons. The Hall–Kier alpha value is -3.23. The summed E-state index contributed by atoms with van der Waals surface area (Å²) in [6, 6.07) is 11.9. The molecule has 1 heterocycles. The molecule has 0 bridgehead atoms. The van der Waals surface area contributed by atoms with Gasteiger partial charge in [-0.05, 0) is 61.7 Å². The highest BCUT2D eigenvalue weighted by Gasteiger charge is 2.31. The van der Waals surface area contributed by atoms with Gasteiger partial charge in [0, 0.05) is 30.9 Å². The van der Waals surface area contributed by atoms with Crippen molar-refractivity contribution in [3.63, 3.8) is 0 Å². The predicted octanol–water partition coefficient (Wildman–Crippen LogP) is 4.54. The van der Waals surface area contributed by atoms with Crippen molar-refractivity contribution in [3.8, 4) is 5.75 Å². The fraction of sp³-hybridized carbons (Fsp3) is 0.364. The van der Waals surface area contributed by atoms with E-state index in [4.69, 9.17) is 0 Å². The maximum absolute atomic E-state index is 12.4. The first kappa shape index (κ1) is 22.5. The fourth-order valence-corrected chi connectivity index (χ4v) is 3.31. The average Bonchev–Trinajstić information content (AvgIpc) is 2.70. The zero-order chi connectivity index (χ0) is 22.4. The zero-order valence-corrected chi connectivity index (χ0v) is 17.0. The highest BCUT2D eigenvalue weighted by molar-refractivity contribution is 5.96. The van der Waals surface area contributed by atoms with Crippen LogP contribution in [-0.4, -0.2) is 35.7 Å². The van der Waals surface area contributed by atoms with E-state index in [1.165, 1.54) is 12.1 Å². The van der Waals surface area contributed by atoms with Crippen LogP contribution in [0, 0.1) is 0 Å². The molecule has 9 heteroatoms. The van der Waals surface area contributed by atoms with Crippen LogP contribution in [0.15, 0.2) is 48.5 Å². The summed E-state index contributed by atoms with van der Waals surface area (Å²) in [4.78, 5) is 26.3. The number of piperidine rings is 1. The molecule has 1 aliphatic heterocycles. The van der Waals surface area contributed by atoms with Crippen LogP contribution in [0.1, 0.15) is 31.7 Å². The van der Waals surface area contributed by atoms with Crippen LogP contribution in [0.3, 0.4) is 0 Å². The van der Waals surface area contributed by atoms with Crippen molar-refractivity contribution in [2.75, 3.05) is 17.2 Å². The molecular formula is C22H24F3N3O3. The van der Waals surface area contributed by atoms with Crippen LogP contribution in [0.4, 0.5) is 24.5 Å². The third-order valence-electron chi connectivity index (χ3n) is 4.85. The third-order valence-corrected chi connectivity index (χ3v) is 4.85. The number of benzene rings is 2. The molecule has 0 saturated carbocycles. The topological polar surface area (TPSA) is 70.7 Å². The van der Waals surface area contributed by atoms with Crippen molar-refractivity contribution in [3.05, 3.63) is 54.1 Å². The SMILES string of the molecule is CC(Nc1cccc(CN2CCCCC2=O)c1)C(=O)Nc1ccc(OC(F)(F)F)cc1. The van der Waals surface area contributed by atoms with Gasteiger partial charge in [-0.25, -0.2) is 0 Å². The molecule has 3 rings (SSSR count). The molecule has 1 atom stereocenters. The third kappa shape index (κ3) is 6.91. The molecular weight excluding hydrogens is 411 g/mol. The van der Waals surface area contributed by atoms with Crippen molar-refractivity contribution in [2.24, 2.45) is 0 Å². The fourth-order valence-electron chi connectivity index (χ4n) is 3.31. The van der Waals surface area contributed by atoms with Crippen LogP contribution in [-0.2, 0) is 16.1 Å². The number of rotatable bonds is 7. The molecule has 1 saturated heterocycles. The van der Waals surface area contributed by atoms with Gasteiger partial charge < -0.3 is 20.3 Å². The van der Waals surface area contributed by atoms with Crippen LogP contribution < -0.4 is 15.4 Å². The number of ether oxygens (including phenoxy) is 1. The van der Waals surface area contributed by atoms with Gasteiger partial charge in [0.15, 0.2) is 0 Å². The van der Waals surface area contributed by atoms with Crippen molar-refractivity contribution in [2.45, 2.75) is 45.1 Å². The van der Waals surface area contributed by atoms with Crippen molar-refractivity contribution in [1.82, 2.24) is 4.90 Å². The summed E-state index contributed by atoms with van der Waals surface area (Å²) in [5.74, 6) is -0.550. The van der Waals surface area contributed by atoms with Crippen LogP contribution in [0.5, 0.6) is 5.75 Å². The molecule has 1 fully saturated rings. The van der Waals surface area contributed by atoms with Gasteiger partial charge in [-0.2, -0.15) is 0 Å². The molecule has 31 heavy (non-hydrogen) atoms. The van der Waals surface area contributed by atoms with Gasteiger partial charge in [0.25, 0.3) is 0 Å². The second-order valence-corrected chi connectivity index (χ2v) is 7.40. The second kappa shape index (κ2) is 9.72. The van der Waals surface area contributed by atoms with Crippen LogP contribution in [0.25, 0.3) is 0 Å². The lowest BCUT2D eigenvalue weighted by molar-refractivity contribution is -0.274. The van der Waals surface area contributed by atoms with E-state index in [-0.39, 0.29) is 17.6 Å². The molecule has 2 aromatic rings. The zero-order valence-electron chi connectivity index (χ0n) is 17.0. The number of amides is 2. The van der Waals surface area contributed by atoms with E-state index >= 15 is 0 Å². The van der Waals surface area contributed by atoms with Gasteiger partial charge in [0.2, 0.25) is 11.8 Å². The maximum Gasteiger partial charge on any atom is 0.573 e. The number of hydrogen-bond donors (Lipinski definition) is 2. The number of carbonyl (C=O) groups excluding carboxylic acids is 2. The van der Waals surface area contributed by atoms with Gasteiger partial charge in [-0.1, -0.05) is 12.1 Å². The van der Waals surface area contributed by atoms with E-state index in [1.54, 1.807) is 6.92 Å². The lowest BCUT2D eigenvalue weighted by atomic mass is 10.1. The standard InChI is InChI=1S/C22H24F3N3O3/c1-15(21(30)27-17-8-10-19(11-9-17)31-22(23,24)25)26-18-6-4-5-16(13-18)14-28-12-3-2-7-20(28)29/h4-6,8-11,13,15,26H,2-3,7,12,14H2,1H3,(H,27,30). The van der Waals surface area contributed by atoms with E-state index in [0.29, 0.717) is 18.7 Å². The molecule has 2 aromatic carbocycles. The van der Waals surface area contributed by atoms with Crippen LogP contribution >= 0.6 is 0 Å². The monoisotopic (exact) mass is 435 g/mol. The molecule has 0 radical (unpaired) electrons. The van der Waals surface area contributed by atoms with Gasteiger partial charge >= 0.3 is 6.36 Å². The van der Waals surface area contributed by atoms with Crippen molar-refractivity contribution < 1.29 is 27.5 Å². The summed E-state index contributed by atoms with van der Waals surface area (Å²) >= 11 is 0. The molecule has 1 aliphatic rings. The molecule has 0 aliphatic carbocycles. The minimum Gasteiger partial charge on any atom is -0.406 e. The second-order valence-electron chi connectivity index (χ2n) is 7.40. The largest absolute Gasteiger partial charge is 0.573 e. The molecule has 0 aromatic heterocycles. The molecule has 0 spiro atoms. The minimum absolute atomic E-state index is 0.156. The summed E-state index contributed by atoms with van der Waals surface area (Å²) in [5.41, 5.74) is 2.05. The summed E-state index contributed by atoms with van der Waals surface area (Å²) in [5, 5.41) is 5.75. The van der Waals surface area contributed by atoms with Gasteiger partial charge in [0.1, 0.15) is 11.8 Å².